The number of aliphatic hydroxyl groups excluding tert-OH is 3. The van der Waals surface area contributed by atoms with Gasteiger partial charge >= 0.3 is 0 Å². The Morgan fingerprint density at radius 3 is 2.69 bits per heavy atom. The van der Waals surface area contributed by atoms with E-state index in [4.69, 9.17) is 9.84 Å². The molecule has 0 aromatic heterocycles. The Labute approximate surface area is 84.0 Å². The van der Waals surface area contributed by atoms with Crippen molar-refractivity contribution in [2.24, 2.45) is 0 Å². The first kappa shape index (κ1) is 9.61. The van der Waals surface area contributed by atoms with Crippen molar-refractivity contribution in [2.75, 3.05) is 6.61 Å². The number of halogens is 1. The van der Waals surface area contributed by atoms with Crippen LogP contribution in [0.5, 0.6) is 0 Å². The molecule has 2 rings (SSSR count). The molecular formula is C8H11BrO4. The second kappa shape index (κ2) is 2.77. The van der Waals surface area contributed by atoms with Gasteiger partial charge < -0.3 is 20.1 Å². The first-order chi connectivity index (χ1) is 6.02. The van der Waals surface area contributed by atoms with Gasteiger partial charge in [-0.3, -0.25) is 0 Å². The van der Waals surface area contributed by atoms with Gasteiger partial charge in [0.25, 0.3) is 0 Å². The van der Waals surface area contributed by atoms with Crippen LogP contribution in [-0.2, 0) is 4.74 Å². The predicted octanol–water partition coefficient (Wildman–Crippen LogP) is -0.479. The van der Waals surface area contributed by atoms with E-state index in [-0.39, 0.29) is 12.7 Å². The van der Waals surface area contributed by atoms with Gasteiger partial charge in [-0.1, -0.05) is 15.9 Å². The quantitative estimate of drug-likeness (QED) is 0.550. The molecule has 2 aliphatic rings. The Balaban J connectivity index is 2.38. The topological polar surface area (TPSA) is 73.2 Å². The Morgan fingerprint density at radius 1 is 1.54 bits per heavy atom. The van der Waals surface area contributed by atoms with E-state index in [2.05, 4.69) is 15.9 Å². The molecule has 0 bridgehead atoms. The number of ether oxygens (including phenoxy) is 1. The van der Waals surface area contributed by atoms with Crippen LogP contribution < -0.4 is 0 Å². The Morgan fingerprint density at radius 2 is 2.15 bits per heavy atom. The third kappa shape index (κ3) is 1.12. The zero-order valence-electron chi connectivity index (χ0n) is 7.07. The van der Waals surface area contributed by atoms with Gasteiger partial charge in [-0.25, -0.2) is 0 Å². The van der Waals surface area contributed by atoms with Gasteiger partial charge in [0.15, 0.2) is 0 Å². The molecule has 0 spiro atoms. The normalized spacial score (nSPS) is 49.2. The highest BCUT2D eigenvalue weighted by molar-refractivity contribution is 9.11. The Kier molecular flexibility index (Phi) is 2.05. The molecule has 0 aromatic rings. The summed E-state index contributed by atoms with van der Waals surface area (Å²) in [6.07, 6.45) is -1.96. The predicted molar refractivity (Wildman–Crippen MR) is 48.3 cm³/mol. The van der Waals surface area contributed by atoms with E-state index in [1.54, 1.807) is 6.92 Å². The molecule has 1 aliphatic heterocycles. The summed E-state index contributed by atoms with van der Waals surface area (Å²) < 4.78 is 5.66. The summed E-state index contributed by atoms with van der Waals surface area (Å²) in [5.41, 5.74) is -0.307. The lowest BCUT2D eigenvalue weighted by atomic mass is 9.86. The van der Waals surface area contributed by atoms with Crippen molar-refractivity contribution in [3.63, 3.8) is 0 Å². The maximum absolute atomic E-state index is 9.74. The highest BCUT2D eigenvalue weighted by Gasteiger charge is 2.65. The van der Waals surface area contributed by atoms with E-state index >= 15 is 0 Å². The second-order valence-corrected chi connectivity index (χ2v) is 4.46. The number of hydrogen-bond acceptors (Lipinski definition) is 4. The zero-order valence-corrected chi connectivity index (χ0v) is 8.65. The standard InChI is InChI=1S/C8H11BrO4/c1-8-6(12)3(2-10)4(9)5(11)7(8)13-8/h5-7,10-12H,2H2,1H3/t5-,6-,7+,8+/m0/s1. The van der Waals surface area contributed by atoms with Crippen molar-refractivity contribution in [3.05, 3.63) is 10.1 Å². The number of rotatable bonds is 1. The third-order valence-corrected chi connectivity index (χ3v) is 3.76. The van der Waals surface area contributed by atoms with Crippen LogP contribution in [0, 0.1) is 0 Å². The highest BCUT2D eigenvalue weighted by atomic mass is 79.9. The van der Waals surface area contributed by atoms with Crippen molar-refractivity contribution in [2.45, 2.75) is 30.8 Å². The van der Waals surface area contributed by atoms with Crippen LogP contribution in [0.15, 0.2) is 10.1 Å². The van der Waals surface area contributed by atoms with E-state index in [0.29, 0.717) is 10.1 Å². The summed E-state index contributed by atoms with van der Waals surface area (Å²) in [4.78, 5) is 0. The van der Waals surface area contributed by atoms with Crippen LogP contribution in [-0.4, -0.2) is 45.8 Å². The lowest BCUT2D eigenvalue weighted by molar-refractivity contribution is 0.0990. The van der Waals surface area contributed by atoms with E-state index in [1.807, 2.05) is 0 Å². The first-order valence-electron chi connectivity index (χ1n) is 4.05. The average Bonchev–Trinajstić information content (AvgIpc) is 2.78. The molecular weight excluding hydrogens is 240 g/mol. The number of aliphatic hydroxyl groups is 3. The van der Waals surface area contributed by atoms with Crippen LogP contribution in [0.25, 0.3) is 0 Å². The van der Waals surface area contributed by atoms with E-state index in [0.717, 1.165) is 0 Å². The third-order valence-electron chi connectivity index (χ3n) is 2.79. The van der Waals surface area contributed by atoms with Crippen LogP contribution in [0.4, 0.5) is 0 Å². The summed E-state index contributed by atoms with van der Waals surface area (Å²) in [5.74, 6) is 0. The van der Waals surface area contributed by atoms with Crippen LogP contribution in [0.1, 0.15) is 6.92 Å². The van der Waals surface area contributed by atoms with E-state index in [9.17, 15) is 10.2 Å². The molecule has 4 nitrogen and oxygen atoms in total. The maximum Gasteiger partial charge on any atom is 0.125 e. The smallest absolute Gasteiger partial charge is 0.125 e. The fourth-order valence-electron chi connectivity index (χ4n) is 1.80. The Bertz CT molecular complexity index is 277. The van der Waals surface area contributed by atoms with E-state index < -0.39 is 17.8 Å². The van der Waals surface area contributed by atoms with Crippen LogP contribution >= 0.6 is 15.9 Å². The highest BCUT2D eigenvalue weighted by Crippen LogP contribution is 2.50. The molecule has 74 valence electrons. The lowest BCUT2D eigenvalue weighted by Gasteiger charge is -2.26. The number of epoxide rings is 1. The van der Waals surface area contributed by atoms with Crippen LogP contribution in [0.3, 0.4) is 0 Å². The second-order valence-electron chi connectivity index (χ2n) is 3.60. The molecule has 0 amide bonds. The Hall–Kier alpha value is 0.0600. The molecule has 1 saturated heterocycles. The minimum atomic E-state index is -0.833. The minimum Gasteiger partial charge on any atom is -0.392 e. The van der Waals surface area contributed by atoms with Crippen molar-refractivity contribution >= 4 is 15.9 Å². The fourth-order valence-corrected chi connectivity index (χ4v) is 2.38. The minimum absolute atomic E-state index is 0.273. The first-order valence-corrected chi connectivity index (χ1v) is 4.85. The van der Waals surface area contributed by atoms with Crippen molar-refractivity contribution in [3.8, 4) is 0 Å². The summed E-state index contributed by atoms with van der Waals surface area (Å²) >= 11 is 3.14. The van der Waals surface area contributed by atoms with Crippen molar-refractivity contribution in [1.29, 1.82) is 0 Å². The summed E-state index contributed by atoms with van der Waals surface area (Å²) in [6, 6.07) is 0. The molecule has 13 heavy (non-hydrogen) atoms. The molecule has 0 aromatic carbocycles. The van der Waals surface area contributed by atoms with Gasteiger partial charge in [-0.05, 0) is 12.5 Å². The van der Waals surface area contributed by atoms with Gasteiger partial charge in [0.2, 0.25) is 0 Å². The van der Waals surface area contributed by atoms with E-state index in [1.165, 1.54) is 0 Å². The molecule has 1 heterocycles. The van der Waals surface area contributed by atoms with Gasteiger partial charge in [0.05, 0.1) is 6.61 Å². The summed E-state index contributed by atoms with van der Waals surface area (Å²) in [5, 5.41) is 28.3. The number of hydrogen-bond donors (Lipinski definition) is 3. The molecule has 0 saturated carbocycles. The summed E-state index contributed by atoms with van der Waals surface area (Å²) in [6.45, 7) is 1.45. The SMILES string of the molecule is C[C@]12O[C@@H]1[C@@H](O)C(Br)=C(CO)[C@@H]2O. The van der Waals surface area contributed by atoms with Crippen LogP contribution in [0.2, 0.25) is 0 Å². The maximum atomic E-state index is 9.74. The van der Waals surface area contributed by atoms with Gasteiger partial charge in [0, 0.05) is 4.48 Å². The molecule has 5 heteroatoms. The molecule has 1 fully saturated rings. The van der Waals surface area contributed by atoms with Gasteiger partial charge in [-0.15, -0.1) is 0 Å². The molecule has 1 aliphatic carbocycles. The fraction of sp³-hybridized carbons (Fsp3) is 0.750. The summed E-state index contributed by atoms with van der Waals surface area (Å²) in [7, 11) is 0. The zero-order chi connectivity index (χ0) is 9.80. The average molecular weight is 251 g/mol. The van der Waals surface area contributed by atoms with Crippen molar-refractivity contribution in [1.82, 2.24) is 0 Å². The van der Waals surface area contributed by atoms with Crippen molar-refractivity contribution < 1.29 is 20.1 Å². The monoisotopic (exact) mass is 250 g/mol. The largest absolute Gasteiger partial charge is 0.392 e. The molecule has 0 unspecified atom stereocenters. The molecule has 3 N–H and O–H groups in total. The molecule has 4 atom stereocenters. The number of fused-ring (bicyclic) bond motifs is 1. The van der Waals surface area contributed by atoms with Gasteiger partial charge in [0.1, 0.15) is 23.9 Å². The van der Waals surface area contributed by atoms with Gasteiger partial charge in [-0.2, -0.15) is 0 Å². The molecule has 0 radical (unpaired) electrons. The lowest BCUT2D eigenvalue weighted by Crippen LogP contribution is -2.41.